The Hall–Kier alpha value is -2.44. The molecule has 0 saturated carbocycles. The number of carbonyl (C=O) groups excluding carboxylic acids is 1. The SMILES string of the molecule is CN1CC=C(c2cn(-c3nccs3)c3ccc(NC=O)cc23)CC1. The molecule has 1 amide bonds. The zero-order valence-electron chi connectivity index (χ0n) is 13.4. The van der Waals surface area contributed by atoms with Gasteiger partial charge in [-0.1, -0.05) is 6.08 Å². The number of thiazole rings is 1. The van der Waals surface area contributed by atoms with Crippen molar-refractivity contribution in [3.8, 4) is 5.13 Å². The number of anilines is 1. The Balaban J connectivity index is 1.90. The maximum atomic E-state index is 10.8. The van der Waals surface area contributed by atoms with E-state index in [1.807, 2.05) is 29.8 Å². The highest BCUT2D eigenvalue weighted by atomic mass is 32.1. The fourth-order valence-electron chi connectivity index (χ4n) is 3.15. The summed E-state index contributed by atoms with van der Waals surface area (Å²) in [7, 11) is 2.14. The summed E-state index contributed by atoms with van der Waals surface area (Å²) in [5, 5.41) is 6.84. The lowest BCUT2D eigenvalue weighted by atomic mass is 9.99. The molecule has 1 aliphatic heterocycles. The molecule has 0 unspecified atom stereocenters. The van der Waals surface area contributed by atoms with Crippen LogP contribution in [0.15, 0.2) is 42.0 Å². The summed E-state index contributed by atoms with van der Waals surface area (Å²) in [4.78, 5) is 17.5. The van der Waals surface area contributed by atoms with Gasteiger partial charge < -0.3 is 10.2 Å². The average Bonchev–Trinajstić information content (AvgIpc) is 3.23. The molecule has 0 saturated heterocycles. The summed E-state index contributed by atoms with van der Waals surface area (Å²) in [5.74, 6) is 0. The molecule has 4 rings (SSSR count). The number of hydrogen-bond donors (Lipinski definition) is 1. The predicted octanol–water partition coefficient (Wildman–Crippen LogP) is 3.37. The van der Waals surface area contributed by atoms with E-state index >= 15 is 0 Å². The standard InChI is InChI=1S/C18H18N4OS/c1-21-7-4-13(5-8-21)16-11-22(18-19-6-9-24-18)17-3-2-14(20-12-23)10-15(16)17/h2-4,6,9-12H,5,7-8H2,1H3,(H,20,23). The van der Waals surface area contributed by atoms with Gasteiger partial charge in [0.05, 0.1) is 5.52 Å². The van der Waals surface area contributed by atoms with Crippen LogP contribution in [0.3, 0.4) is 0 Å². The molecule has 5 nitrogen and oxygen atoms in total. The third-order valence-electron chi connectivity index (χ3n) is 4.41. The van der Waals surface area contributed by atoms with Crippen molar-refractivity contribution in [2.75, 3.05) is 25.5 Å². The van der Waals surface area contributed by atoms with Gasteiger partial charge in [-0.25, -0.2) is 4.98 Å². The van der Waals surface area contributed by atoms with E-state index in [0.29, 0.717) is 6.41 Å². The van der Waals surface area contributed by atoms with Crippen LogP contribution >= 0.6 is 11.3 Å². The number of aromatic nitrogens is 2. The second-order valence-electron chi connectivity index (χ2n) is 5.96. The third kappa shape index (κ3) is 2.64. The summed E-state index contributed by atoms with van der Waals surface area (Å²) < 4.78 is 2.14. The first-order chi connectivity index (χ1) is 11.8. The maximum absolute atomic E-state index is 10.8. The molecule has 0 spiro atoms. The van der Waals surface area contributed by atoms with E-state index in [9.17, 15) is 4.79 Å². The minimum absolute atomic E-state index is 0.716. The molecule has 0 atom stereocenters. The van der Waals surface area contributed by atoms with E-state index in [4.69, 9.17) is 0 Å². The molecular weight excluding hydrogens is 320 g/mol. The van der Waals surface area contributed by atoms with E-state index in [1.54, 1.807) is 11.3 Å². The van der Waals surface area contributed by atoms with E-state index in [0.717, 1.165) is 41.2 Å². The van der Waals surface area contributed by atoms with Crippen LogP contribution < -0.4 is 5.32 Å². The van der Waals surface area contributed by atoms with Crippen molar-refractivity contribution in [3.63, 3.8) is 0 Å². The Labute approximate surface area is 144 Å². The molecule has 2 aromatic heterocycles. The number of fused-ring (bicyclic) bond motifs is 1. The monoisotopic (exact) mass is 338 g/mol. The normalized spacial score (nSPS) is 15.5. The lowest BCUT2D eigenvalue weighted by molar-refractivity contribution is -0.105. The largest absolute Gasteiger partial charge is 0.329 e. The van der Waals surface area contributed by atoms with Crippen LogP contribution in [0.5, 0.6) is 0 Å². The van der Waals surface area contributed by atoms with Crippen LogP contribution in [0, 0.1) is 0 Å². The first-order valence-corrected chi connectivity index (χ1v) is 8.77. The molecule has 122 valence electrons. The molecule has 1 N–H and O–H groups in total. The number of nitrogens with zero attached hydrogens (tertiary/aromatic N) is 3. The van der Waals surface area contributed by atoms with Gasteiger partial charge in [0.1, 0.15) is 0 Å². The van der Waals surface area contributed by atoms with Crippen LogP contribution in [0.4, 0.5) is 5.69 Å². The third-order valence-corrected chi connectivity index (χ3v) is 5.18. The van der Waals surface area contributed by atoms with Crippen LogP contribution in [0.2, 0.25) is 0 Å². The van der Waals surface area contributed by atoms with Crippen molar-refractivity contribution >= 4 is 39.9 Å². The summed E-state index contributed by atoms with van der Waals surface area (Å²) in [6.45, 7) is 2.02. The number of benzene rings is 1. The number of nitrogens with one attached hydrogen (secondary N) is 1. The first kappa shape index (κ1) is 15.1. The Bertz CT molecular complexity index is 911. The fourth-order valence-corrected chi connectivity index (χ4v) is 3.78. The van der Waals surface area contributed by atoms with E-state index in [2.05, 4.69) is 39.1 Å². The molecule has 3 heterocycles. The van der Waals surface area contributed by atoms with Crippen molar-refractivity contribution in [1.82, 2.24) is 14.5 Å². The van der Waals surface area contributed by atoms with Crippen LogP contribution in [0.1, 0.15) is 12.0 Å². The van der Waals surface area contributed by atoms with Gasteiger partial charge in [0, 0.05) is 47.5 Å². The Morgan fingerprint density at radius 1 is 1.38 bits per heavy atom. The average molecular weight is 338 g/mol. The van der Waals surface area contributed by atoms with Gasteiger partial charge in [0.25, 0.3) is 0 Å². The van der Waals surface area contributed by atoms with Gasteiger partial charge >= 0.3 is 0 Å². The second kappa shape index (κ2) is 6.22. The lowest BCUT2D eigenvalue weighted by Gasteiger charge is -2.21. The Kier molecular flexibility index (Phi) is 3.92. The van der Waals surface area contributed by atoms with Gasteiger partial charge in [0.2, 0.25) is 6.41 Å². The molecule has 6 heteroatoms. The van der Waals surface area contributed by atoms with Crippen molar-refractivity contribution in [2.24, 2.45) is 0 Å². The Morgan fingerprint density at radius 3 is 3.00 bits per heavy atom. The molecule has 0 aliphatic carbocycles. The Morgan fingerprint density at radius 2 is 2.29 bits per heavy atom. The minimum atomic E-state index is 0.716. The van der Waals surface area contributed by atoms with E-state index in [-0.39, 0.29) is 0 Å². The highest BCUT2D eigenvalue weighted by Gasteiger charge is 2.17. The summed E-state index contributed by atoms with van der Waals surface area (Å²) in [6.07, 6.45) is 8.03. The van der Waals surface area contributed by atoms with Gasteiger partial charge in [-0.15, -0.1) is 11.3 Å². The van der Waals surface area contributed by atoms with E-state index < -0.39 is 0 Å². The van der Waals surface area contributed by atoms with Crippen molar-refractivity contribution in [2.45, 2.75) is 6.42 Å². The summed E-state index contributed by atoms with van der Waals surface area (Å²) in [6, 6.07) is 6.01. The molecule has 1 aromatic carbocycles. The highest BCUT2D eigenvalue weighted by molar-refractivity contribution is 7.12. The van der Waals surface area contributed by atoms with Crippen molar-refractivity contribution in [1.29, 1.82) is 0 Å². The summed E-state index contributed by atoms with van der Waals surface area (Å²) in [5.41, 5.74) is 4.50. The number of amides is 1. The molecular formula is C18H18N4OS. The maximum Gasteiger partial charge on any atom is 0.211 e. The zero-order chi connectivity index (χ0) is 16.5. The van der Waals surface area contributed by atoms with Gasteiger partial charge in [-0.2, -0.15) is 0 Å². The van der Waals surface area contributed by atoms with Crippen LogP contribution in [-0.4, -0.2) is 41.0 Å². The topological polar surface area (TPSA) is 50.2 Å². The minimum Gasteiger partial charge on any atom is -0.329 e. The number of likely N-dealkylation sites (N-methyl/N-ethyl adjacent to an activating group) is 1. The van der Waals surface area contributed by atoms with Gasteiger partial charge in [-0.05, 0) is 37.2 Å². The number of carbonyl (C=O) groups is 1. The second-order valence-corrected chi connectivity index (χ2v) is 6.84. The molecule has 3 aromatic rings. The summed E-state index contributed by atoms with van der Waals surface area (Å²) >= 11 is 1.62. The zero-order valence-corrected chi connectivity index (χ0v) is 14.2. The lowest BCUT2D eigenvalue weighted by Crippen LogP contribution is -2.23. The molecule has 0 bridgehead atoms. The molecule has 0 radical (unpaired) electrons. The predicted molar refractivity (Wildman–Crippen MR) is 98.7 cm³/mol. The van der Waals surface area contributed by atoms with Gasteiger partial charge in [-0.3, -0.25) is 9.36 Å². The van der Waals surface area contributed by atoms with E-state index in [1.165, 1.54) is 11.1 Å². The first-order valence-electron chi connectivity index (χ1n) is 7.89. The molecule has 24 heavy (non-hydrogen) atoms. The highest BCUT2D eigenvalue weighted by Crippen LogP contribution is 2.34. The van der Waals surface area contributed by atoms with Crippen LogP contribution in [0.25, 0.3) is 21.6 Å². The smallest absolute Gasteiger partial charge is 0.211 e. The van der Waals surface area contributed by atoms with Gasteiger partial charge in [0.15, 0.2) is 5.13 Å². The molecule has 0 fully saturated rings. The fraction of sp³-hybridized carbons (Fsp3) is 0.222. The quantitative estimate of drug-likeness (QED) is 0.742. The van der Waals surface area contributed by atoms with Crippen molar-refractivity contribution < 1.29 is 4.79 Å². The number of hydrogen-bond acceptors (Lipinski definition) is 4. The number of rotatable bonds is 4. The molecule has 1 aliphatic rings. The van der Waals surface area contributed by atoms with Crippen molar-refractivity contribution in [3.05, 3.63) is 47.6 Å². The van der Waals surface area contributed by atoms with Crippen LogP contribution in [-0.2, 0) is 4.79 Å².